The van der Waals surface area contributed by atoms with Gasteiger partial charge < -0.3 is 15.8 Å². The quantitative estimate of drug-likeness (QED) is 0.724. The Kier molecular flexibility index (Phi) is 4.56. The molecule has 1 heterocycles. The Bertz CT molecular complexity index is 328. The smallest absolute Gasteiger partial charge is 0.273 e. The van der Waals surface area contributed by atoms with Gasteiger partial charge in [-0.1, -0.05) is 0 Å². The van der Waals surface area contributed by atoms with Crippen LogP contribution in [0.25, 0.3) is 0 Å². The Labute approximate surface area is 88.6 Å². The fraction of sp³-hybridized carbons (Fsp3) is 0.400. The number of rotatable bonds is 5. The number of amides is 1. The molecule has 0 aliphatic heterocycles. The molecule has 0 saturated heterocycles. The summed E-state index contributed by atoms with van der Waals surface area (Å²) in [7, 11) is 0. The summed E-state index contributed by atoms with van der Waals surface area (Å²) in [6.07, 6.45) is 1.56. The zero-order chi connectivity index (χ0) is 11.1. The van der Waals surface area contributed by atoms with Crippen molar-refractivity contribution in [2.75, 3.05) is 19.7 Å². The summed E-state index contributed by atoms with van der Waals surface area (Å²) >= 11 is 0. The van der Waals surface area contributed by atoms with Gasteiger partial charge in [0, 0.05) is 19.3 Å². The van der Waals surface area contributed by atoms with Crippen molar-refractivity contribution in [3.8, 4) is 5.75 Å². The second-order valence-corrected chi connectivity index (χ2v) is 2.83. The Morgan fingerprint density at radius 1 is 1.67 bits per heavy atom. The van der Waals surface area contributed by atoms with Gasteiger partial charge in [0.05, 0.1) is 6.61 Å². The number of aromatic nitrogens is 1. The second-order valence-electron chi connectivity index (χ2n) is 2.83. The zero-order valence-corrected chi connectivity index (χ0v) is 8.69. The summed E-state index contributed by atoms with van der Waals surface area (Å²) in [6, 6.07) is 3.44. The Hall–Kier alpha value is -1.62. The predicted molar refractivity (Wildman–Crippen MR) is 56.8 cm³/mol. The van der Waals surface area contributed by atoms with Gasteiger partial charge in [0.25, 0.3) is 5.91 Å². The van der Waals surface area contributed by atoms with Gasteiger partial charge in [-0.05, 0) is 19.1 Å². The lowest BCUT2D eigenvalue weighted by Gasteiger charge is -2.08. The van der Waals surface area contributed by atoms with Crippen molar-refractivity contribution >= 4 is 5.91 Å². The monoisotopic (exact) mass is 209 g/mol. The molecule has 0 unspecified atom stereocenters. The van der Waals surface area contributed by atoms with E-state index in [9.17, 15) is 4.79 Å². The lowest BCUT2D eigenvalue weighted by molar-refractivity contribution is 0.0945. The lowest BCUT2D eigenvalue weighted by Crippen LogP contribution is -2.30. The molecule has 0 atom stereocenters. The summed E-state index contributed by atoms with van der Waals surface area (Å²) in [5.74, 6) is 0.235. The van der Waals surface area contributed by atoms with Gasteiger partial charge in [-0.2, -0.15) is 0 Å². The molecule has 5 heteroatoms. The van der Waals surface area contributed by atoms with Gasteiger partial charge in [-0.15, -0.1) is 0 Å². The summed E-state index contributed by atoms with van der Waals surface area (Å²) in [4.78, 5) is 15.6. The highest BCUT2D eigenvalue weighted by Gasteiger charge is 2.12. The number of hydrogen-bond donors (Lipinski definition) is 2. The Balaban J connectivity index is 2.77. The Morgan fingerprint density at radius 2 is 2.47 bits per heavy atom. The lowest BCUT2D eigenvalue weighted by atomic mass is 10.3. The van der Waals surface area contributed by atoms with Crippen molar-refractivity contribution in [3.63, 3.8) is 0 Å². The number of nitrogens with two attached hydrogens (primary N) is 1. The fourth-order valence-electron chi connectivity index (χ4n) is 1.10. The average molecular weight is 209 g/mol. The van der Waals surface area contributed by atoms with E-state index in [2.05, 4.69) is 10.3 Å². The Morgan fingerprint density at radius 3 is 3.13 bits per heavy atom. The van der Waals surface area contributed by atoms with Crippen LogP contribution in [0, 0.1) is 0 Å². The van der Waals surface area contributed by atoms with E-state index in [-0.39, 0.29) is 5.91 Å². The third-order valence-corrected chi connectivity index (χ3v) is 1.72. The molecule has 15 heavy (non-hydrogen) atoms. The van der Waals surface area contributed by atoms with Crippen LogP contribution >= 0.6 is 0 Å². The van der Waals surface area contributed by atoms with Crippen LogP contribution in [-0.4, -0.2) is 30.6 Å². The van der Waals surface area contributed by atoms with Crippen LogP contribution in [0.3, 0.4) is 0 Å². The number of carbonyl (C=O) groups excluding carboxylic acids is 1. The molecule has 0 spiro atoms. The van der Waals surface area contributed by atoms with E-state index in [1.165, 1.54) is 0 Å². The second kappa shape index (κ2) is 5.98. The third kappa shape index (κ3) is 3.21. The van der Waals surface area contributed by atoms with E-state index in [0.717, 1.165) is 0 Å². The van der Waals surface area contributed by atoms with Gasteiger partial charge in [-0.3, -0.25) is 4.79 Å². The number of pyridine rings is 1. The van der Waals surface area contributed by atoms with Gasteiger partial charge >= 0.3 is 0 Å². The summed E-state index contributed by atoms with van der Waals surface area (Å²) < 4.78 is 5.28. The highest BCUT2D eigenvalue weighted by Crippen LogP contribution is 2.14. The molecule has 1 aromatic rings. The first-order valence-electron chi connectivity index (χ1n) is 4.85. The molecular weight excluding hydrogens is 194 g/mol. The van der Waals surface area contributed by atoms with Crippen molar-refractivity contribution in [2.45, 2.75) is 6.92 Å². The molecule has 0 aliphatic carbocycles. The van der Waals surface area contributed by atoms with E-state index in [1.54, 1.807) is 18.3 Å². The number of nitrogens with zero attached hydrogens (tertiary/aromatic N) is 1. The van der Waals surface area contributed by atoms with Crippen LogP contribution in [0.4, 0.5) is 0 Å². The maximum absolute atomic E-state index is 11.6. The SMILES string of the molecule is CCOc1cccnc1C(=O)NCCN. The molecule has 0 saturated carbocycles. The van der Waals surface area contributed by atoms with E-state index < -0.39 is 0 Å². The molecule has 0 aromatic carbocycles. The van der Waals surface area contributed by atoms with Crippen LogP contribution in [0.1, 0.15) is 17.4 Å². The summed E-state index contributed by atoms with van der Waals surface area (Å²) in [6.45, 7) is 3.20. The maximum atomic E-state index is 11.6. The van der Waals surface area contributed by atoms with Crippen molar-refractivity contribution in [1.82, 2.24) is 10.3 Å². The molecule has 1 rings (SSSR count). The maximum Gasteiger partial charge on any atom is 0.273 e. The van der Waals surface area contributed by atoms with Crippen LogP contribution in [0.2, 0.25) is 0 Å². The minimum Gasteiger partial charge on any atom is -0.491 e. The molecule has 0 radical (unpaired) electrons. The first-order valence-corrected chi connectivity index (χ1v) is 4.85. The molecular formula is C10H15N3O2. The van der Waals surface area contributed by atoms with Gasteiger partial charge in [0.15, 0.2) is 11.4 Å². The number of hydrogen-bond acceptors (Lipinski definition) is 4. The van der Waals surface area contributed by atoms with E-state index >= 15 is 0 Å². The molecule has 0 bridgehead atoms. The fourth-order valence-corrected chi connectivity index (χ4v) is 1.10. The minimum absolute atomic E-state index is 0.260. The van der Waals surface area contributed by atoms with Gasteiger partial charge in [0.1, 0.15) is 0 Å². The molecule has 0 fully saturated rings. The van der Waals surface area contributed by atoms with Crippen molar-refractivity contribution < 1.29 is 9.53 Å². The highest BCUT2D eigenvalue weighted by atomic mass is 16.5. The average Bonchev–Trinajstić information content (AvgIpc) is 2.27. The van der Waals surface area contributed by atoms with E-state index in [4.69, 9.17) is 10.5 Å². The van der Waals surface area contributed by atoms with Gasteiger partial charge in [-0.25, -0.2) is 4.98 Å². The molecule has 1 aromatic heterocycles. The zero-order valence-electron chi connectivity index (χ0n) is 8.69. The van der Waals surface area contributed by atoms with Crippen LogP contribution < -0.4 is 15.8 Å². The molecule has 3 N–H and O–H groups in total. The standard InChI is InChI=1S/C10H15N3O2/c1-2-15-8-4-3-6-12-9(8)10(14)13-7-5-11/h3-4,6H,2,5,7,11H2,1H3,(H,13,14). The largest absolute Gasteiger partial charge is 0.491 e. The highest BCUT2D eigenvalue weighted by molar-refractivity contribution is 5.94. The summed E-state index contributed by atoms with van der Waals surface area (Å²) in [5.41, 5.74) is 5.58. The first kappa shape index (κ1) is 11.5. The normalized spacial score (nSPS) is 9.73. The van der Waals surface area contributed by atoms with E-state index in [0.29, 0.717) is 31.1 Å². The van der Waals surface area contributed by atoms with Crippen molar-refractivity contribution in [3.05, 3.63) is 24.0 Å². The number of ether oxygens (including phenoxy) is 1. The van der Waals surface area contributed by atoms with Crippen LogP contribution in [-0.2, 0) is 0 Å². The van der Waals surface area contributed by atoms with Crippen molar-refractivity contribution in [2.24, 2.45) is 5.73 Å². The third-order valence-electron chi connectivity index (χ3n) is 1.72. The van der Waals surface area contributed by atoms with E-state index in [1.807, 2.05) is 6.92 Å². The van der Waals surface area contributed by atoms with Gasteiger partial charge in [0.2, 0.25) is 0 Å². The van der Waals surface area contributed by atoms with Crippen molar-refractivity contribution in [1.29, 1.82) is 0 Å². The predicted octanol–water partition coefficient (Wildman–Crippen LogP) is 0.169. The molecule has 1 amide bonds. The van der Waals surface area contributed by atoms with Crippen LogP contribution in [0.15, 0.2) is 18.3 Å². The molecule has 0 aliphatic rings. The topological polar surface area (TPSA) is 77.2 Å². The molecule has 82 valence electrons. The first-order chi connectivity index (χ1) is 7.29. The number of nitrogens with one attached hydrogen (secondary N) is 1. The summed E-state index contributed by atoms with van der Waals surface area (Å²) in [5, 5.41) is 2.64. The van der Waals surface area contributed by atoms with Crippen LogP contribution in [0.5, 0.6) is 5.75 Å². The minimum atomic E-state index is -0.260. The molecule has 5 nitrogen and oxygen atoms in total. The number of carbonyl (C=O) groups is 1.